The van der Waals surface area contributed by atoms with Crippen LogP contribution in [0.2, 0.25) is 0 Å². The van der Waals surface area contributed by atoms with Crippen molar-refractivity contribution in [2.45, 2.75) is 32.8 Å². The first-order valence-electron chi connectivity index (χ1n) is 8.70. The van der Waals surface area contributed by atoms with Gasteiger partial charge in [-0.3, -0.25) is 9.79 Å². The summed E-state index contributed by atoms with van der Waals surface area (Å²) in [5, 5.41) is 12.4. The quantitative estimate of drug-likeness (QED) is 0.545. The van der Waals surface area contributed by atoms with E-state index in [2.05, 4.69) is 15.2 Å². The van der Waals surface area contributed by atoms with Crippen molar-refractivity contribution in [3.05, 3.63) is 0 Å². The van der Waals surface area contributed by atoms with E-state index >= 15 is 0 Å². The van der Waals surface area contributed by atoms with E-state index in [1.165, 1.54) is 0 Å². The van der Waals surface area contributed by atoms with Gasteiger partial charge in [0.25, 0.3) is 5.91 Å². The normalized spacial score (nSPS) is 24.0. The third-order valence-corrected chi connectivity index (χ3v) is 4.30. The van der Waals surface area contributed by atoms with Crippen molar-refractivity contribution in [3.63, 3.8) is 0 Å². The van der Waals surface area contributed by atoms with Crippen LogP contribution >= 0.6 is 0 Å². The number of piperazine rings is 1. The van der Waals surface area contributed by atoms with Crippen LogP contribution in [0.5, 0.6) is 0 Å². The fraction of sp³-hybridized carbons (Fsp3) is 0.875. The van der Waals surface area contributed by atoms with Crippen LogP contribution in [-0.2, 0) is 9.53 Å². The Morgan fingerprint density at radius 2 is 2.04 bits per heavy atom. The summed E-state index contributed by atoms with van der Waals surface area (Å²) in [6, 6.07) is 0. The Labute approximate surface area is 138 Å². The molecule has 2 fully saturated rings. The van der Waals surface area contributed by atoms with E-state index < -0.39 is 0 Å². The second-order valence-electron chi connectivity index (χ2n) is 6.30. The van der Waals surface area contributed by atoms with Gasteiger partial charge in [0.1, 0.15) is 6.10 Å². The summed E-state index contributed by atoms with van der Waals surface area (Å²) in [5.74, 6) is 1.17. The van der Waals surface area contributed by atoms with Gasteiger partial charge in [0.05, 0.1) is 0 Å². The third-order valence-electron chi connectivity index (χ3n) is 4.30. The lowest BCUT2D eigenvalue weighted by Crippen LogP contribution is -2.55. The maximum Gasteiger partial charge on any atom is 0.251 e. The Hall–Kier alpha value is -1.34. The molecule has 0 aromatic rings. The Bertz CT molecular complexity index is 402. The van der Waals surface area contributed by atoms with Crippen LogP contribution in [0.4, 0.5) is 0 Å². The largest absolute Gasteiger partial charge is 0.396 e. The number of amides is 1. The van der Waals surface area contributed by atoms with Gasteiger partial charge >= 0.3 is 0 Å². The molecule has 2 rings (SSSR count). The van der Waals surface area contributed by atoms with Crippen LogP contribution in [-0.4, -0.2) is 85.4 Å². The molecule has 1 amide bonds. The molecule has 0 saturated carbocycles. The van der Waals surface area contributed by atoms with Crippen LogP contribution < -0.4 is 5.32 Å². The number of aliphatic hydroxyl groups excluding tert-OH is 1. The zero-order chi connectivity index (χ0) is 16.7. The highest BCUT2D eigenvalue weighted by Crippen LogP contribution is 2.16. The van der Waals surface area contributed by atoms with E-state index in [4.69, 9.17) is 9.84 Å². The number of nitrogens with one attached hydrogen (secondary N) is 1. The van der Waals surface area contributed by atoms with E-state index in [1.54, 1.807) is 0 Å². The maximum atomic E-state index is 12.4. The van der Waals surface area contributed by atoms with Crippen molar-refractivity contribution < 1.29 is 14.6 Å². The number of rotatable bonds is 5. The Balaban J connectivity index is 1.86. The first-order valence-corrected chi connectivity index (χ1v) is 8.70. The number of nitrogens with zero attached hydrogens (tertiary/aromatic N) is 3. The predicted molar refractivity (Wildman–Crippen MR) is 89.4 cm³/mol. The van der Waals surface area contributed by atoms with Gasteiger partial charge in [-0.1, -0.05) is 6.92 Å². The number of aliphatic imine (C=N–C) groups is 1. The number of guanidine groups is 1. The Morgan fingerprint density at radius 1 is 1.35 bits per heavy atom. The summed E-state index contributed by atoms with van der Waals surface area (Å²) in [5.41, 5.74) is 0. The Morgan fingerprint density at radius 3 is 2.61 bits per heavy atom. The second-order valence-corrected chi connectivity index (χ2v) is 6.30. The molecule has 2 N–H and O–H groups in total. The zero-order valence-electron chi connectivity index (χ0n) is 14.3. The zero-order valence-corrected chi connectivity index (χ0v) is 14.3. The summed E-state index contributed by atoms with van der Waals surface area (Å²) < 4.78 is 5.49. The molecule has 2 saturated heterocycles. The Kier molecular flexibility index (Phi) is 7.11. The van der Waals surface area contributed by atoms with Gasteiger partial charge in [-0.25, -0.2) is 0 Å². The van der Waals surface area contributed by atoms with E-state index in [1.807, 2.05) is 18.7 Å². The van der Waals surface area contributed by atoms with Gasteiger partial charge in [0.2, 0.25) is 0 Å². The first-order chi connectivity index (χ1) is 11.2. The van der Waals surface area contributed by atoms with Crippen LogP contribution in [0.25, 0.3) is 0 Å². The fourth-order valence-corrected chi connectivity index (χ4v) is 2.84. The number of hydrogen-bond donors (Lipinski definition) is 2. The minimum absolute atomic E-state index is 0.137. The fourth-order valence-electron chi connectivity index (χ4n) is 2.84. The van der Waals surface area contributed by atoms with Crippen molar-refractivity contribution in [2.75, 3.05) is 52.5 Å². The van der Waals surface area contributed by atoms with Gasteiger partial charge in [-0.05, 0) is 25.7 Å². The van der Waals surface area contributed by atoms with Gasteiger partial charge in [0.15, 0.2) is 5.96 Å². The van der Waals surface area contributed by atoms with Crippen LogP contribution in [0.15, 0.2) is 4.99 Å². The van der Waals surface area contributed by atoms with Gasteiger partial charge in [0, 0.05) is 52.5 Å². The van der Waals surface area contributed by atoms with E-state index in [0.29, 0.717) is 26.2 Å². The van der Waals surface area contributed by atoms with Crippen molar-refractivity contribution in [1.29, 1.82) is 0 Å². The smallest absolute Gasteiger partial charge is 0.251 e. The first kappa shape index (κ1) is 18.0. The number of hydrogen-bond acceptors (Lipinski definition) is 4. The molecule has 2 aliphatic rings. The lowest BCUT2D eigenvalue weighted by atomic mass is 10.2. The maximum absolute atomic E-state index is 12.4. The average molecular weight is 326 g/mol. The molecule has 132 valence electrons. The molecule has 2 aliphatic heterocycles. The lowest BCUT2D eigenvalue weighted by Gasteiger charge is -2.37. The molecule has 7 heteroatoms. The van der Waals surface area contributed by atoms with E-state index in [9.17, 15) is 4.79 Å². The number of carbonyl (C=O) groups excluding carboxylic acids is 1. The molecule has 2 atom stereocenters. The molecule has 0 spiro atoms. The number of aliphatic hydroxyl groups is 1. The van der Waals surface area contributed by atoms with Gasteiger partial charge in [-0.2, -0.15) is 0 Å². The third kappa shape index (κ3) is 5.07. The second kappa shape index (κ2) is 9.08. The van der Waals surface area contributed by atoms with Crippen LogP contribution in [0, 0.1) is 5.92 Å². The van der Waals surface area contributed by atoms with Crippen molar-refractivity contribution in [3.8, 4) is 0 Å². The topological polar surface area (TPSA) is 77.4 Å². The standard InChI is InChI=1S/C16H30N4O3/c1-3-17-16(18-11-13(2)12-21)20-8-6-19(7-9-20)15(22)14-5-4-10-23-14/h13-14,21H,3-12H2,1-2H3,(H,17,18). The highest BCUT2D eigenvalue weighted by molar-refractivity contribution is 5.82. The molecule has 0 bridgehead atoms. The van der Waals surface area contributed by atoms with Crippen molar-refractivity contribution >= 4 is 11.9 Å². The molecular weight excluding hydrogens is 296 g/mol. The molecule has 23 heavy (non-hydrogen) atoms. The van der Waals surface area contributed by atoms with Gasteiger partial charge in [-0.15, -0.1) is 0 Å². The number of ether oxygens (including phenoxy) is 1. The molecule has 2 unspecified atom stereocenters. The lowest BCUT2D eigenvalue weighted by molar-refractivity contribution is -0.142. The molecule has 0 radical (unpaired) electrons. The summed E-state index contributed by atoms with van der Waals surface area (Å²) >= 11 is 0. The van der Waals surface area contributed by atoms with Crippen molar-refractivity contribution in [1.82, 2.24) is 15.1 Å². The molecule has 0 aromatic carbocycles. The highest BCUT2D eigenvalue weighted by Gasteiger charge is 2.30. The summed E-state index contributed by atoms with van der Waals surface area (Å²) in [4.78, 5) is 21.1. The molecule has 0 aliphatic carbocycles. The summed E-state index contributed by atoms with van der Waals surface area (Å²) in [6.45, 7) is 9.25. The monoisotopic (exact) mass is 326 g/mol. The minimum Gasteiger partial charge on any atom is -0.396 e. The predicted octanol–water partition coefficient (Wildman–Crippen LogP) is -0.0965. The van der Waals surface area contributed by atoms with Crippen LogP contribution in [0.1, 0.15) is 26.7 Å². The van der Waals surface area contributed by atoms with Crippen molar-refractivity contribution in [2.24, 2.45) is 10.9 Å². The van der Waals surface area contributed by atoms with E-state index in [-0.39, 0.29) is 24.5 Å². The van der Waals surface area contributed by atoms with E-state index in [0.717, 1.165) is 38.4 Å². The average Bonchev–Trinajstić information content (AvgIpc) is 3.12. The molecular formula is C16H30N4O3. The molecule has 0 aromatic heterocycles. The minimum atomic E-state index is -0.228. The summed E-state index contributed by atoms with van der Waals surface area (Å²) in [6.07, 6.45) is 1.60. The van der Waals surface area contributed by atoms with Crippen LogP contribution in [0.3, 0.4) is 0 Å². The van der Waals surface area contributed by atoms with Gasteiger partial charge < -0.3 is 25.0 Å². The molecule has 7 nitrogen and oxygen atoms in total. The SMILES string of the molecule is CCNC(=NCC(C)CO)N1CCN(C(=O)C2CCCO2)CC1. The highest BCUT2D eigenvalue weighted by atomic mass is 16.5. The summed E-state index contributed by atoms with van der Waals surface area (Å²) in [7, 11) is 0. The molecule has 2 heterocycles. The number of carbonyl (C=O) groups is 1.